The van der Waals surface area contributed by atoms with Crippen molar-refractivity contribution < 1.29 is 34.8 Å². The number of aromatic hydroxyl groups is 2. The Kier molecular flexibility index (Phi) is 7.82. The Hall–Kier alpha value is -2.80. The van der Waals surface area contributed by atoms with Gasteiger partial charge < -0.3 is 25.2 Å². The first kappa shape index (κ1) is 33.1. The number of fused-ring (bicyclic) bond motifs is 7. The van der Waals surface area contributed by atoms with E-state index in [1.807, 2.05) is 0 Å². The van der Waals surface area contributed by atoms with Gasteiger partial charge in [0.15, 0.2) is 11.5 Å². The van der Waals surface area contributed by atoms with Gasteiger partial charge in [-0.1, -0.05) is 66.2 Å². The number of aliphatic carboxylic acids is 1. The van der Waals surface area contributed by atoms with Crippen LogP contribution in [0.4, 0.5) is 0 Å². The number of aliphatic hydroxyl groups excluding tert-OH is 1. The standard InChI is InChI=1S/C39H54O7/c1-22-14-17-39(34(44)45)19-18-37(6)25(32(39)23(22)2)10-12-30-36(5)21-28(42)33(35(3,4)29(36)15-16-38(30,37)7)46-31(43)13-9-24-8-11-26(40)27(41)20-24/h8-11,13,20,22-23,28-30,32-33,40-42H,12,14-19,21H2,1-7H3,(H,44,45)/t22-,23+,28+,29-,30+,32+,33-,36-,37+,38+,39-/m0/s1. The Balaban J connectivity index is 1.29. The van der Waals surface area contributed by atoms with Crippen LogP contribution in [0.2, 0.25) is 0 Å². The molecule has 5 aliphatic rings. The number of benzene rings is 1. The topological polar surface area (TPSA) is 124 Å². The van der Waals surface area contributed by atoms with Gasteiger partial charge in [0.1, 0.15) is 6.10 Å². The maximum absolute atomic E-state index is 13.0. The number of allylic oxidation sites excluding steroid dienone is 2. The Labute approximate surface area is 274 Å². The van der Waals surface area contributed by atoms with E-state index >= 15 is 0 Å². The molecule has 0 aliphatic heterocycles. The molecule has 252 valence electrons. The Morgan fingerprint density at radius 2 is 1.65 bits per heavy atom. The molecule has 0 bridgehead atoms. The highest BCUT2D eigenvalue weighted by atomic mass is 16.6. The van der Waals surface area contributed by atoms with Crippen molar-refractivity contribution in [3.8, 4) is 11.5 Å². The first-order valence-electron chi connectivity index (χ1n) is 17.4. The number of ether oxygens (including phenoxy) is 1. The third-order valence-electron chi connectivity index (χ3n) is 15.0. The minimum Gasteiger partial charge on any atom is -0.504 e. The van der Waals surface area contributed by atoms with E-state index in [9.17, 15) is 30.0 Å². The fourth-order valence-corrected chi connectivity index (χ4v) is 12.2. The van der Waals surface area contributed by atoms with Gasteiger partial charge in [-0.2, -0.15) is 0 Å². The zero-order chi connectivity index (χ0) is 33.6. The second-order valence-corrected chi connectivity index (χ2v) is 17.1. The molecule has 0 heterocycles. The average Bonchev–Trinajstić information content (AvgIpc) is 2.97. The van der Waals surface area contributed by atoms with Gasteiger partial charge in [-0.15, -0.1) is 0 Å². The van der Waals surface area contributed by atoms with Crippen molar-refractivity contribution in [3.63, 3.8) is 0 Å². The number of hydrogen-bond donors (Lipinski definition) is 4. The van der Waals surface area contributed by atoms with Crippen molar-refractivity contribution in [2.75, 3.05) is 0 Å². The maximum Gasteiger partial charge on any atom is 0.331 e. The lowest BCUT2D eigenvalue weighted by Crippen LogP contribution is -2.67. The van der Waals surface area contributed by atoms with Crippen LogP contribution in [0.5, 0.6) is 11.5 Å². The van der Waals surface area contributed by atoms with Crippen LogP contribution >= 0.6 is 0 Å². The summed E-state index contributed by atoms with van der Waals surface area (Å²) in [5, 5.41) is 41.8. The lowest BCUT2D eigenvalue weighted by molar-refractivity contribution is -0.238. The molecule has 0 amide bonds. The van der Waals surface area contributed by atoms with E-state index in [1.54, 1.807) is 6.07 Å². The Morgan fingerprint density at radius 1 is 0.935 bits per heavy atom. The van der Waals surface area contributed by atoms with E-state index in [4.69, 9.17) is 4.74 Å². The van der Waals surface area contributed by atoms with E-state index < -0.39 is 35.0 Å². The smallest absolute Gasteiger partial charge is 0.331 e. The van der Waals surface area contributed by atoms with E-state index in [-0.39, 0.29) is 39.6 Å². The molecule has 7 nitrogen and oxygen atoms in total. The number of esters is 1. The SMILES string of the molecule is C[C@@H]1[C@@H](C)CC[C@]2(C(=O)O)CC[C@]3(C)C(=CC[C@@H]4[C@@]5(C)C[C@@H](O)[C@H](OC(=O)C=Cc6ccc(O)c(O)c6)C(C)(C)[C@@H]5CC[C@]43C)[C@@H]12. The average molecular weight is 635 g/mol. The number of carbonyl (C=O) groups excluding carboxylic acids is 1. The molecule has 5 aliphatic carbocycles. The highest BCUT2D eigenvalue weighted by Crippen LogP contribution is 2.75. The molecule has 0 radical (unpaired) electrons. The number of rotatable bonds is 4. The maximum atomic E-state index is 13.0. The molecule has 4 fully saturated rings. The molecular formula is C39H54O7. The zero-order valence-electron chi connectivity index (χ0n) is 28.7. The van der Waals surface area contributed by atoms with Crippen molar-refractivity contribution in [2.24, 2.45) is 56.7 Å². The Bertz CT molecular complexity index is 1480. The Morgan fingerprint density at radius 3 is 2.33 bits per heavy atom. The molecule has 11 atom stereocenters. The molecule has 0 aromatic heterocycles. The molecule has 7 heteroatoms. The van der Waals surface area contributed by atoms with Gasteiger partial charge in [0.2, 0.25) is 0 Å². The lowest BCUT2D eigenvalue weighted by atomic mass is 9.33. The summed E-state index contributed by atoms with van der Waals surface area (Å²) in [7, 11) is 0. The van der Waals surface area contributed by atoms with Crippen molar-refractivity contribution in [1.29, 1.82) is 0 Å². The van der Waals surface area contributed by atoms with Crippen molar-refractivity contribution >= 4 is 18.0 Å². The third kappa shape index (κ3) is 4.53. The lowest BCUT2D eigenvalue weighted by Gasteiger charge is -2.71. The van der Waals surface area contributed by atoms with E-state index in [0.717, 1.165) is 44.9 Å². The molecule has 46 heavy (non-hydrogen) atoms. The summed E-state index contributed by atoms with van der Waals surface area (Å²) in [6.45, 7) is 16.1. The van der Waals surface area contributed by atoms with Crippen LogP contribution < -0.4 is 0 Å². The van der Waals surface area contributed by atoms with Crippen LogP contribution in [0.1, 0.15) is 105 Å². The molecule has 0 unspecified atom stereocenters. The van der Waals surface area contributed by atoms with Crippen LogP contribution in [0, 0.1) is 56.7 Å². The summed E-state index contributed by atoms with van der Waals surface area (Å²) >= 11 is 0. The molecule has 0 spiro atoms. The zero-order valence-corrected chi connectivity index (χ0v) is 28.7. The largest absolute Gasteiger partial charge is 0.504 e. The van der Waals surface area contributed by atoms with Crippen molar-refractivity contribution in [1.82, 2.24) is 0 Å². The number of phenols is 2. The number of hydrogen-bond acceptors (Lipinski definition) is 6. The van der Waals surface area contributed by atoms with Crippen LogP contribution in [0.3, 0.4) is 0 Å². The minimum atomic E-state index is -0.822. The summed E-state index contributed by atoms with van der Waals surface area (Å²) in [6, 6.07) is 4.33. The summed E-state index contributed by atoms with van der Waals surface area (Å²) in [4.78, 5) is 26.0. The van der Waals surface area contributed by atoms with Crippen molar-refractivity contribution in [3.05, 3.63) is 41.5 Å². The van der Waals surface area contributed by atoms with Crippen LogP contribution in [-0.2, 0) is 14.3 Å². The van der Waals surface area contributed by atoms with Gasteiger partial charge in [0, 0.05) is 11.5 Å². The number of carbonyl (C=O) groups is 2. The first-order valence-corrected chi connectivity index (χ1v) is 17.4. The molecule has 4 N–H and O–H groups in total. The van der Waals surface area contributed by atoms with Crippen LogP contribution in [-0.4, -0.2) is 44.6 Å². The van der Waals surface area contributed by atoms with Gasteiger partial charge in [0.25, 0.3) is 0 Å². The van der Waals surface area contributed by atoms with Crippen LogP contribution in [0.25, 0.3) is 6.08 Å². The fraction of sp³-hybridized carbons (Fsp3) is 0.692. The molecule has 4 saturated carbocycles. The summed E-state index contributed by atoms with van der Waals surface area (Å²) < 4.78 is 6.01. The number of carboxylic acids is 1. The monoisotopic (exact) mass is 634 g/mol. The summed E-state index contributed by atoms with van der Waals surface area (Å²) in [5.41, 5.74) is 0.479. The normalized spacial score (nSPS) is 44.6. The van der Waals surface area contributed by atoms with Gasteiger partial charge >= 0.3 is 11.9 Å². The van der Waals surface area contributed by atoms with Gasteiger partial charge in [0.05, 0.1) is 11.5 Å². The first-order chi connectivity index (χ1) is 21.4. The third-order valence-corrected chi connectivity index (χ3v) is 15.0. The minimum absolute atomic E-state index is 0.0366. The number of phenolic OH excluding ortho intramolecular Hbond substituents is 2. The van der Waals surface area contributed by atoms with Gasteiger partial charge in [-0.05, 0) is 121 Å². The van der Waals surface area contributed by atoms with Gasteiger partial charge in [-0.3, -0.25) is 4.79 Å². The molecule has 1 aromatic carbocycles. The molecule has 0 saturated heterocycles. The quantitative estimate of drug-likeness (QED) is 0.116. The van der Waals surface area contributed by atoms with E-state index in [0.29, 0.717) is 29.7 Å². The second kappa shape index (κ2) is 10.9. The predicted molar refractivity (Wildman–Crippen MR) is 177 cm³/mol. The van der Waals surface area contributed by atoms with E-state index in [2.05, 4.69) is 54.5 Å². The van der Waals surface area contributed by atoms with Gasteiger partial charge in [-0.25, -0.2) is 4.79 Å². The van der Waals surface area contributed by atoms with Crippen LogP contribution in [0.15, 0.2) is 35.9 Å². The predicted octanol–water partition coefficient (Wildman–Crippen LogP) is 7.74. The molecule has 6 rings (SSSR count). The van der Waals surface area contributed by atoms with Crippen molar-refractivity contribution in [2.45, 2.75) is 112 Å². The summed E-state index contributed by atoms with van der Waals surface area (Å²) in [6.07, 6.45) is 10.6. The highest BCUT2D eigenvalue weighted by molar-refractivity contribution is 5.87. The number of aliphatic hydroxyl groups is 1. The molecule has 1 aromatic rings. The number of carboxylic acid groups (broad SMARTS) is 1. The molecular weight excluding hydrogens is 580 g/mol. The summed E-state index contributed by atoms with van der Waals surface area (Å²) in [5.74, 6) is -0.237. The highest BCUT2D eigenvalue weighted by Gasteiger charge is 2.70. The second-order valence-electron chi connectivity index (χ2n) is 17.1. The fourth-order valence-electron chi connectivity index (χ4n) is 12.2. The van der Waals surface area contributed by atoms with E-state index in [1.165, 1.54) is 29.9 Å².